The lowest BCUT2D eigenvalue weighted by molar-refractivity contribution is -0.128. The Bertz CT molecular complexity index is 672. The van der Waals surface area contributed by atoms with Gasteiger partial charge < -0.3 is 9.47 Å². The molecule has 0 aliphatic rings. The first-order valence-electron chi connectivity index (χ1n) is 6.70. The van der Waals surface area contributed by atoms with E-state index in [0.717, 1.165) is 11.1 Å². The highest BCUT2D eigenvalue weighted by Gasteiger charge is 2.03. The molecule has 3 heteroatoms. The number of carbonyl (C=O) groups is 1. The smallest absolute Gasteiger partial charge is 0.336 e. The van der Waals surface area contributed by atoms with Crippen LogP contribution in [0.4, 0.5) is 0 Å². The van der Waals surface area contributed by atoms with E-state index < -0.39 is 5.97 Å². The molecule has 0 saturated carbocycles. The van der Waals surface area contributed by atoms with Gasteiger partial charge in [0.05, 0.1) is 7.11 Å². The van der Waals surface area contributed by atoms with Crippen molar-refractivity contribution in [3.8, 4) is 11.5 Å². The lowest BCUT2D eigenvalue weighted by Gasteiger charge is -2.05. The Balaban J connectivity index is 2.07. The van der Waals surface area contributed by atoms with Crippen LogP contribution in [-0.2, 0) is 4.79 Å². The van der Waals surface area contributed by atoms with Crippen molar-refractivity contribution in [3.63, 3.8) is 0 Å². The zero-order valence-electron chi connectivity index (χ0n) is 12.4. The van der Waals surface area contributed by atoms with Gasteiger partial charge in [-0.2, -0.15) is 0 Å². The standard InChI is InChI=1S/C18H18O3/c1-13-8-10-16(12-14(13)2)21-18(19)11-9-15-6-4-5-7-17(15)20-3/h4-12H,1-3H3. The molecule has 0 aliphatic carbocycles. The summed E-state index contributed by atoms with van der Waals surface area (Å²) in [4.78, 5) is 11.8. The van der Waals surface area contributed by atoms with E-state index in [-0.39, 0.29) is 0 Å². The predicted molar refractivity (Wildman–Crippen MR) is 83.6 cm³/mol. The van der Waals surface area contributed by atoms with Gasteiger partial charge in [0.15, 0.2) is 0 Å². The fraction of sp³-hybridized carbons (Fsp3) is 0.167. The normalized spacial score (nSPS) is 10.6. The first kappa shape index (κ1) is 14.9. The van der Waals surface area contributed by atoms with Crippen molar-refractivity contribution >= 4 is 12.0 Å². The molecule has 2 aromatic rings. The maximum atomic E-state index is 11.8. The summed E-state index contributed by atoms with van der Waals surface area (Å²) >= 11 is 0. The van der Waals surface area contributed by atoms with E-state index in [1.54, 1.807) is 19.3 Å². The van der Waals surface area contributed by atoms with Crippen LogP contribution in [0.5, 0.6) is 11.5 Å². The molecule has 3 nitrogen and oxygen atoms in total. The molecule has 0 spiro atoms. The van der Waals surface area contributed by atoms with E-state index in [4.69, 9.17) is 9.47 Å². The van der Waals surface area contributed by atoms with Crippen molar-refractivity contribution in [1.29, 1.82) is 0 Å². The number of carbonyl (C=O) groups excluding carboxylic acids is 1. The molecule has 0 aromatic heterocycles. The molecule has 0 heterocycles. The van der Waals surface area contributed by atoms with Crippen LogP contribution in [0.3, 0.4) is 0 Å². The van der Waals surface area contributed by atoms with Gasteiger partial charge in [0, 0.05) is 11.6 Å². The van der Waals surface area contributed by atoms with Crippen molar-refractivity contribution in [2.45, 2.75) is 13.8 Å². The first-order chi connectivity index (χ1) is 10.1. The second-order valence-electron chi connectivity index (χ2n) is 4.74. The summed E-state index contributed by atoms with van der Waals surface area (Å²) in [6.07, 6.45) is 3.08. The van der Waals surface area contributed by atoms with Crippen LogP contribution in [0.1, 0.15) is 16.7 Å². The Labute approximate surface area is 124 Å². The van der Waals surface area contributed by atoms with Crippen LogP contribution in [0.2, 0.25) is 0 Å². The van der Waals surface area contributed by atoms with Gasteiger partial charge in [-0.3, -0.25) is 0 Å². The zero-order chi connectivity index (χ0) is 15.2. The highest BCUT2D eigenvalue weighted by atomic mass is 16.5. The van der Waals surface area contributed by atoms with Crippen molar-refractivity contribution in [2.24, 2.45) is 0 Å². The predicted octanol–water partition coefficient (Wildman–Crippen LogP) is 3.93. The molecule has 0 fully saturated rings. The van der Waals surface area contributed by atoms with Gasteiger partial charge in [-0.1, -0.05) is 24.3 Å². The van der Waals surface area contributed by atoms with Crippen molar-refractivity contribution in [3.05, 3.63) is 65.2 Å². The Hall–Kier alpha value is -2.55. The summed E-state index contributed by atoms with van der Waals surface area (Å²) in [6.45, 7) is 4.00. The van der Waals surface area contributed by atoms with Gasteiger partial charge in [-0.05, 0) is 49.2 Å². The van der Waals surface area contributed by atoms with E-state index in [2.05, 4.69) is 0 Å². The largest absolute Gasteiger partial charge is 0.496 e. The number of ether oxygens (including phenoxy) is 2. The Morgan fingerprint density at radius 1 is 1.05 bits per heavy atom. The lowest BCUT2D eigenvalue weighted by atomic mass is 10.1. The van der Waals surface area contributed by atoms with Gasteiger partial charge in [0.1, 0.15) is 11.5 Å². The van der Waals surface area contributed by atoms with Crippen LogP contribution >= 0.6 is 0 Å². The van der Waals surface area contributed by atoms with Gasteiger partial charge in [0.2, 0.25) is 0 Å². The van der Waals surface area contributed by atoms with E-state index >= 15 is 0 Å². The molecule has 2 aromatic carbocycles. The number of hydrogen-bond acceptors (Lipinski definition) is 3. The molecule has 0 bridgehead atoms. The minimum Gasteiger partial charge on any atom is -0.496 e. The highest BCUT2D eigenvalue weighted by Crippen LogP contribution is 2.19. The summed E-state index contributed by atoms with van der Waals surface area (Å²) in [6, 6.07) is 13.1. The summed E-state index contributed by atoms with van der Waals surface area (Å²) < 4.78 is 10.5. The third kappa shape index (κ3) is 3.96. The van der Waals surface area contributed by atoms with Crippen LogP contribution < -0.4 is 9.47 Å². The van der Waals surface area contributed by atoms with E-state index in [1.165, 1.54) is 11.6 Å². The fourth-order valence-electron chi connectivity index (χ4n) is 1.89. The molecular weight excluding hydrogens is 264 g/mol. The number of para-hydroxylation sites is 1. The maximum Gasteiger partial charge on any atom is 0.336 e. The number of aryl methyl sites for hydroxylation is 2. The number of hydrogen-bond donors (Lipinski definition) is 0. The second-order valence-corrected chi connectivity index (χ2v) is 4.74. The topological polar surface area (TPSA) is 35.5 Å². The first-order valence-corrected chi connectivity index (χ1v) is 6.70. The van der Waals surface area contributed by atoms with Crippen LogP contribution in [0.25, 0.3) is 6.08 Å². The average Bonchev–Trinajstić information content (AvgIpc) is 2.49. The molecule has 108 valence electrons. The van der Waals surface area contributed by atoms with Crippen LogP contribution in [0.15, 0.2) is 48.5 Å². The summed E-state index contributed by atoms with van der Waals surface area (Å²) in [5.41, 5.74) is 3.09. The highest BCUT2D eigenvalue weighted by molar-refractivity contribution is 5.89. The summed E-state index contributed by atoms with van der Waals surface area (Å²) in [5, 5.41) is 0. The molecule has 0 unspecified atom stereocenters. The van der Waals surface area contributed by atoms with Crippen LogP contribution in [-0.4, -0.2) is 13.1 Å². The molecule has 0 saturated heterocycles. The van der Waals surface area contributed by atoms with Crippen molar-refractivity contribution in [1.82, 2.24) is 0 Å². The summed E-state index contributed by atoms with van der Waals surface area (Å²) in [7, 11) is 1.60. The summed E-state index contributed by atoms with van der Waals surface area (Å²) in [5.74, 6) is 0.852. The number of rotatable bonds is 4. The average molecular weight is 282 g/mol. The van der Waals surface area contributed by atoms with Gasteiger partial charge >= 0.3 is 5.97 Å². The van der Waals surface area contributed by atoms with E-state index in [1.807, 2.05) is 50.2 Å². The maximum absolute atomic E-state index is 11.8. The van der Waals surface area contributed by atoms with Crippen molar-refractivity contribution < 1.29 is 14.3 Å². The monoisotopic (exact) mass is 282 g/mol. The van der Waals surface area contributed by atoms with E-state index in [9.17, 15) is 4.79 Å². The fourth-order valence-corrected chi connectivity index (χ4v) is 1.89. The third-order valence-corrected chi connectivity index (χ3v) is 3.23. The number of esters is 1. The van der Waals surface area contributed by atoms with Gasteiger partial charge in [-0.15, -0.1) is 0 Å². The minimum absolute atomic E-state index is 0.413. The quantitative estimate of drug-likeness (QED) is 0.484. The molecule has 0 radical (unpaired) electrons. The Kier molecular flexibility index (Phi) is 4.77. The molecule has 0 N–H and O–H groups in total. The Morgan fingerprint density at radius 3 is 2.52 bits per heavy atom. The SMILES string of the molecule is COc1ccccc1C=CC(=O)Oc1ccc(C)c(C)c1. The second kappa shape index (κ2) is 6.75. The minimum atomic E-state index is -0.413. The van der Waals surface area contributed by atoms with Crippen molar-refractivity contribution in [2.75, 3.05) is 7.11 Å². The third-order valence-electron chi connectivity index (χ3n) is 3.23. The van der Waals surface area contributed by atoms with E-state index in [0.29, 0.717) is 11.5 Å². The molecule has 2 rings (SSSR count). The van der Waals surface area contributed by atoms with Gasteiger partial charge in [-0.25, -0.2) is 4.79 Å². The van der Waals surface area contributed by atoms with Crippen LogP contribution in [0, 0.1) is 13.8 Å². The lowest BCUT2D eigenvalue weighted by Crippen LogP contribution is -2.04. The molecular formula is C18H18O3. The molecule has 0 aliphatic heterocycles. The Morgan fingerprint density at radius 2 is 1.81 bits per heavy atom. The zero-order valence-corrected chi connectivity index (χ0v) is 12.4. The number of methoxy groups -OCH3 is 1. The molecule has 0 amide bonds. The molecule has 21 heavy (non-hydrogen) atoms. The molecule has 0 atom stereocenters. The van der Waals surface area contributed by atoms with Gasteiger partial charge in [0.25, 0.3) is 0 Å². The number of benzene rings is 2.